The topological polar surface area (TPSA) is 84.0 Å². The number of sulfonamides is 1. The predicted molar refractivity (Wildman–Crippen MR) is 92.0 cm³/mol. The Balaban J connectivity index is 2.02. The minimum atomic E-state index is -3.65. The van der Waals surface area contributed by atoms with E-state index in [2.05, 4.69) is 27.2 Å². The highest BCUT2D eigenvalue weighted by Gasteiger charge is 2.17. The van der Waals surface area contributed by atoms with Crippen molar-refractivity contribution in [2.24, 2.45) is 0 Å². The van der Waals surface area contributed by atoms with Crippen LogP contribution in [0.3, 0.4) is 0 Å². The van der Waals surface area contributed by atoms with Crippen LogP contribution in [0.15, 0.2) is 41.3 Å². The van der Waals surface area contributed by atoms with Crippen LogP contribution in [0.25, 0.3) is 0 Å². The molecule has 0 atom stereocenters. The van der Waals surface area contributed by atoms with E-state index in [0.29, 0.717) is 11.4 Å². The van der Waals surface area contributed by atoms with Gasteiger partial charge in [0.05, 0.1) is 4.90 Å². The van der Waals surface area contributed by atoms with E-state index in [1.165, 1.54) is 0 Å². The Kier molecular flexibility index (Phi) is 5.92. The zero-order valence-corrected chi connectivity index (χ0v) is 14.2. The fourth-order valence-electron chi connectivity index (χ4n) is 2.12. The van der Waals surface area contributed by atoms with Crippen LogP contribution >= 0.6 is 0 Å². The van der Waals surface area contributed by atoms with Gasteiger partial charge in [-0.3, -0.25) is 4.72 Å². The molecule has 0 aliphatic rings. The number of rotatable bonds is 8. The number of hydrogen-bond acceptors (Lipinski definition) is 5. The van der Waals surface area contributed by atoms with Crippen LogP contribution in [-0.2, 0) is 10.0 Å². The molecule has 0 spiro atoms. The lowest BCUT2D eigenvalue weighted by molar-refractivity contribution is 0.600. The Morgan fingerprint density at radius 2 is 1.70 bits per heavy atom. The minimum absolute atomic E-state index is 0.201. The summed E-state index contributed by atoms with van der Waals surface area (Å²) >= 11 is 0. The van der Waals surface area contributed by atoms with Gasteiger partial charge < -0.3 is 5.32 Å². The molecule has 0 unspecified atom stereocenters. The molecule has 0 saturated heterocycles. The molecule has 6 nitrogen and oxygen atoms in total. The van der Waals surface area contributed by atoms with E-state index in [1.54, 1.807) is 43.3 Å². The molecule has 0 bridgehead atoms. The van der Waals surface area contributed by atoms with E-state index in [-0.39, 0.29) is 10.7 Å². The summed E-state index contributed by atoms with van der Waals surface area (Å²) in [6.45, 7) is 4.73. The van der Waals surface area contributed by atoms with Crippen molar-refractivity contribution >= 4 is 21.7 Å². The first-order valence-corrected chi connectivity index (χ1v) is 9.17. The summed E-state index contributed by atoms with van der Waals surface area (Å²) in [7, 11) is -3.65. The number of anilines is 2. The highest BCUT2D eigenvalue weighted by molar-refractivity contribution is 7.92. The van der Waals surface area contributed by atoms with Crippen LogP contribution in [0.2, 0.25) is 0 Å². The van der Waals surface area contributed by atoms with Crippen LogP contribution in [-0.4, -0.2) is 25.2 Å². The monoisotopic (exact) mass is 334 g/mol. The van der Waals surface area contributed by atoms with Gasteiger partial charge in [-0.1, -0.05) is 38.0 Å². The molecule has 0 aliphatic carbocycles. The Morgan fingerprint density at radius 3 is 2.35 bits per heavy atom. The summed E-state index contributed by atoms with van der Waals surface area (Å²) in [5, 5.41) is 11.1. The lowest BCUT2D eigenvalue weighted by Crippen LogP contribution is -2.15. The Bertz CT molecular complexity index is 730. The molecule has 0 aliphatic heterocycles. The summed E-state index contributed by atoms with van der Waals surface area (Å²) in [5.74, 6) is 0.840. The standard InChI is InChI=1S/C16H22N4O2S/c1-3-4-7-12-17-15-10-11-16(19-18-15)20-23(21,22)14-9-6-5-8-13(14)2/h5-6,8-11H,3-4,7,12H2,1-2H3,(H,17,18)(H,19,20). The summed E-state index contributed by atoms with van der Waals surface area (Å²) < 4.78 is 27.2. The fraction of sp³-hybridized carbons (Fsp3) is 0.375. The average Bonchev–Trinajstić information content (AvgIpc) is 2.53. The summed E-state index contributed by atoms with van der Waals surface area (Å²) in [5.41, 5.74) is 0.683. The number of nitrogens with one attached hydrogen (secondary N) is 2. The lowest BCUT2D eigenvalue weighted by atomic mass is 10.2. The number of aromatic nitrogens is 2. The third-order valence-corrected chi connectivity index (χ3v) is 4.89. The molecule has 2 aromatic rings. The molecule has 2 N–H and O–H groups in total. The summed E-state index contributed by atoms with van der Waals surface area (Å²) in [6, 6.07) is 10.1. The van der Waals surface area contributed by atoms with Crippen molar-refractivity contribution in [2.75, 3.05) is 16.6 Å². The molecule has 0 radical (unpaired) electrons. The van der Waals surface area contributed by atoms with Gasteiger partial charge in [0.1, 0.15) is 5.82 Å². The maximum Gasteiger partial charge on any atom is 0.263 e. The van der Waals surface area contributed by atoms with E-state index in [4.69, 9.17) is 0 Å². The Morgan fingerprint density at radius 1 is 1.00 bits per heavy atom. The number of unbranched alkanes of at least 4 members (excludes halogenated alkanes) is 2. The van der Waals surface area contributed by atoms with Crippen molar-refractivity contribution < 1.29 is 8.42 Å². The van der Waals surface area contributed by atoms with E-state index in [1.807, 2.05) is 0 Å². The molecule has 23 heavy (non-hydrogen) atoms. The maximum absolute atomic E-state index is 12.4. The van der Waals surface area contributed by atoms with Gasteiger partial charge in [0.2, 0.25) is 0 Å². The molecule has 0 saturated carbocycles. The highest BCUT2D eigenvalue weighted by atomic mass is 32.2. The third kappa shape index (κ3) is 4.92. The minimum Gasteiger partial charge on any atom is -0.369 e. The molecule has 0 fully saturated rings. The van der Waals surface area contributed by atoms with Crippen molar-refractivity contribution in [3.63, 3.8) is 0 Å². The smallest absolute Gasteiger partial charge is 0.263 e. The summed E-state index contributed by atoms with van der Waals surface area (Å²) in [6.07, 6.45) is 3.39. The van der Waals surface area contributed by atoms with E-state index in [9.17, 15) is 8.42 Å². The largest absolute Gasteiger partial charge is 0.369 e. The van der Waals surface area contributed by atoms with Crippen LogP contribution in [0.4, 0.5) is 11.6 Å². The van der Waals surface area contributed by atoms with Crippen LogP contribution in [0, 0.1) is 6.92 Å². The van der Waals surface area contributed by atoms with Crippen molar-refractivity contribution in [3.05, 3.63) is 42.0 Å². The quantitative estimate of drug-likeness (QED) is 0.724. The van der Waals surface area contributed by atoms with E-state index >= 15 is 0 Å². The first kappa shape index (κ1) is 17.2. The molecule has 124 valence electrons. The normalized spacial score (nSPS) is 11.2. The van der Waals surface area contributed by atoms with Gasteiger partial charge in [-0.15, -0.1) is 10.2 Å². The number of nitrogens with zero attached hydrogens (tertiary/aromatic N) is 2. The molecule has 0 amide bonds. The Labute approximate surface area is 137 Å². The number of benzene rings is 1. The predicted octanol–water partition coefficient (Wildman–Crippen LogP) is 3.19. The van der Waals surface area contributed by atoms with Crippen molar-refractivity contribution in [1.82, 2.24) is 10.2 Å². The van der Waals surface area contributed by atoms with Crippen molar-refractivity contribution in [2.45, 2.75) is 38.0 Å². The first-order valence-electron chi connectivity index (χ1n) is 7.69. The molecule has 1 aromatic heterocycles. The zero-order chi connectivity index (χ0) is 16.7. The third-order valence-electron chi connectivity index (χ3n) is 3.37. The fourth-order valence-corrected chi connectivity index (χ4v) is 3.37. The number of aryl methyl sites for hydroxylation is 1. The lowest BCUT2D eigenvalue weighted by Gasteiger charge is -2.09. The van der Waals surface area contributed by atoms with Crippen molar-refractivity contribution in [3.8, 4) is 0 Å². The van der Waals surface area contributed by atoms with Gasteiger partial charge in [-0.05, 0) is 37.1 Å². The van der Waals surface area contributed by atoms with Crippen LogP contribution < -0.4 is 10.0 Å². The SMILES string of the molecule is CCCCCNc1ccc(NS(=O)(=O)c2ccccc2C)nn1. The number of hydrogen-bond donors (Lipinski definition) is 2. The van der Waals surface area contributed by atoms with E-state index in [0.717, 1.165) is 25.8 Å². The summed E-state index contributed by atoms with van der Waals surface area (Å²) in [4.78, 5) is 0.239. The van der Waals surface area contributed by atoms with Gasteiger partial charge in [0, 0.05) is 6.54 Å². The van der Waals surface area contributed by atoms with Crippen LogP contribution in [0.5, 0.6) is 0 Å². The van der Waals surface area contributed by atoms with E-state index < -0.39 is 10.0 Å². The van der Waals surface area contributed by atoms with Gasteiger partial charge in [-0.25, -0.2) is 8.42 Å². The average molecular weight is 334 g/mol. The zero-order valence-electron chi connectivity index (χ0n) is 13.4. The second kappa shape index (κ2) is 7.92. The maximum atomic E-state index is 12.4. The van der Waals surface area contributed by atoms with Gasteiger partial charge in [0.25, 0.3) is 10.0 Å². The molecular formula is C16H22N4O2S. The molecule has 7 heteroatoms. The van der Waals surface area contributed by atoms with Crippen molar-refractivity contribution in [1.29, 1.82) is 0 Å². The molecule has 1 aromatic carbocycles. The Hall–Kier alpha value is -2.15. The van der Waals surface area contributed by atoms with Crippen LogP contribution in [0.1, 0.15) is 31.7 Å². The van der Waals surface area contributed by atoms with Gasteiger partial charge >= 0.3 is 0 Å². The molecule has 2 rings (SSSR count). The van der Waals surface area contributed by atoms with Gasteiger partial charge in [-0.2, -0.15) is 0 Å². The first-order chi connectivity index (χ1) is 11.0. The highest BCUT2D eigenvalue weighted by Crippen LogP contribution is 2.18. The molecule has 1 heterocycles. The second-order valence-corrected chi connectivity index (χ2v) is 6.96. The molecular weight excluding hydrogens is 312 g/mol. The van der Waals surface area contributed by atoms with Gasteiger partial charge in [0.15, 0.2) is 5.82 Å². The second-order valence-electron chi connectivity index (χ2n) is 5.31.